The molecule has 1 aromatic heterocycles. The standard InChI is InChI=1S/C17H24ClN5O3S/c1-4-23(5-2)27(25,26)13-6-7-14(18)15(12-13)21-17(24)20-9-8-16-19-10-11-22(16)3/h6-7,10-12H,4-5,8-9H2,1-3H3,(H2,20,21,24). The average Bonchev–Trinajstić information content (AvgIpc) is 3.02. The van der Waals surface area contributed by atoms with E-state index in [-0.39, 0.29) is 15.6 Å². The molecule has 0 saturated carbocycles. The molecule has 0 aliphatic carbocycles. The smallest absolute Gasteiger partial charge is 0.319 e. The molecule has 0 spiro atoms. The van der Waals surface area contributed by atoms with E-state index in [4.69, 9.17) is 11.6 Å². The van der Waals surface area contributed by atoms with Crippen molar-refractivity contribution < 1.29 is 13.2 Å². The predicted molar refractivity (Wildman–Crippen MR) is 105 cm³/mol. The maximum Gasteiger partial charge on any atom is 0.319 e. The number of benzene rings is 1. The van der Waals surface area contributed by atoms with Crippen molar-refractivity contribution in [3.63, 3.8) is 0 Å². The van der Waals surface area contributed by atoms with Crippen molar-refractivity contribution in [2.75, 3.05) is 25.0 Å². The van der Waals surface area contributed by atoms with Crippen LogP contribution in [0.2, 0.25) is 5.02 Å². The molecule has 0 aliphatic rings. The van der Waals surface area contributed by atoms with Gasteiger partial charge >= 0.3 is 6.03 Å². The Labute approximate surface area is 164 Å². The van der Waals surface area contributed by atoms with Gasteiger partial charge in [-0.1, -0.05) is 25.4 Å². The van der Waals surface area contributed by atoms with Gasteiger partial charge in [0.15, 0.2) is 0 Å². The summed E-state index contributed by atoms with van der Waals surface area (Å²) in [7, 11) is -1.76. The molecule has 148 valence electrons. The third kappa shape index (κ3) is 5.21. The Morgan fingerprint density at radius 2 is 2.00 bits per heavy atom. The number of carbonyl (C=O) groups is 1. The number of amides is 2. The lowest BCUT2D eigenvalue weighted by Crippen LogP contribution is -2.32. The zero-order chi connectivity index (χ0) is 20.0. The molecular weight excluding hydrogens is 390 g/mol. The lowest BCUT2D eigenvalue weighted by molar-refractivity contribution is 0.252. The Hall–Kier alpha value is -2.10. The minimum absolute atomic E-state index is 0.0823. The molecule has 0 radical (unpaired) electrons. The van der Waals surface area contributed by atoms with E-state index in [0.29, 0.717) is 26.1 Å². The normalized spacial score (nSPS) is 11.6. The molecule has 0 aliphatic heterocycles. The second kappa shape index (κ2) is 9.20. The molecule has 8 nitrogen and oxygen atoms in total. The number of halogens is 1. The fraction of sp³-hybridized carbons (Fsp3) is 0.412. The number of carbonyl (C=O) groups excluding carboxylic acids is 1. The SMILES string of the molecule is CCN(CC)S(=O)(=O)c1ccc(Cl)c(NC(=O)NCCc2nccn2C)c1. The van der Waals surface area contributed by atoms with Crippen LogP contribution in [0.4, 0.5) is 10.5 Å². The largest absolute Gasteiger partial charge is 0.338 e. The number of sulfonamides is 1. The van der Waals surface area contributed by atoms with E-state index in [1.165, 1.54) is 22.5 Å². The molecule has 0 fully saturated rings. The molecule has 0 bridgehead atoms. The summed E-state index contributed by atoms with van der Waals surface area (Å²) >= 11 is 6.11. The summed E-state index contributed by atoms with van der Waals surface area (Å²) in [4.78, 5) is 16.4. The number of hydrogen-bond donors (Lipinski definition) is 2. The molecule has 10 heteroatoms. The van der Waals surface area contributed by atoms with E-state index in [0.717, 1.165) is 5.82 Å². The van der Waals surface area contributed by atoms with Crippen molar-refractivity contribution >= 4 is 33.3 Å². The first-order valence-electron chi connectivity index (χ1n) is 8.60. The average molecular weight is 414 g/mol. The van der Waals surface area contributed by atoms with Gasteiger partial charge in [0.25, 0.3) is 0 Å². The highest BCUT2D eigenvalue weighted by Gasteiger charge is 2.22. The molecule has 2 amide bonds. The van der Waals surface area contributed by atoms with Crippen LogP contribution in [0.1, 0.15) is 19.7 Å². The van der Waals surface area contributed by atoms with Gasteiger partial charge in [-0.25, -0.2) is 18.2 Å². The van der Waals surface area contributed by atoms with Crippen LogP contribution in [0, 0.1) is 0 Å². The Morgan fingerprint density at radius 3 is 2.59 bits per heavy atom. The molecule has 1 heterocycles. The van der Waals surface area contributed by atoms with Gasteiger partial charge in [-0.2, -0.15) is 4.31 Å². The van der Waals surface area contributed by atoms with Crippen molar-refractivity contribution in [3.05, 3.63) is 41.4 Å². The molecule has 27 heavy (non-hydrogen) atoms. The summed E-state index contributed by atoms with van der Waals surface area (Å²) in [6, 6.07) is 3.79. The van der Waals surface area contributed by atoms with Gasteiger partial charge in [-0.3, -0.25) is 0 Å². The van der Waals surface area contributed by atoms with Gasteiger partial charge < -0.3 is 15.2 Å². The van der Waals surface area contributed by atoms with E-state index in [1.807, 2.05) is 17.8 Å². The molecule has 2 N–H and O–H groups in total. The quantitative estimate of drug-likeness (QED) is 0.694. The molecule has 0 unspecified atom stereocenters. The highest BCUT2D eigenvalue weighted by Crippen LogP contribution is 2.26. The van der Waals surface area contributed by atoms with Crippen LogP contribution in [0.5, 0.6) is 0 Å². The first-order chi connectivity index (χ1) is 12.8. The minimum Gasteiger partial charge on any atom is -0.338 e. The van der Waals surface area contributed by atoms with Gasteiger partial charge in [0.2, 0.25) is 10.0 Å². The van der Waals surface area contributed by atoms with Crippen LogP contribution < -0.4 is 10.6 Å². The predicted octanol–water partition coefficient (Wildman–Crippen LogP) is 2.47. The number of nitrogens with zero attached hydrogens (tertiary/aromatic N) is 3. The zero-order valence-corrected chi connectivity index (χ0v) is 17.1. The van der Waals surface area contributed by atoms with Crippen molar-refractivity contribution in [1.82, 2.24) is 19.2 Å². The number of aryl methyl sites for hydroxylation is 1. The van der Waals surface area contributed by atoms with Crippen LogP contribution >= 0.6 is 11.6 Å². The summed E-state index contributed by atoms with van der Waals surface area (Å²) in [5.41, 5.74) is 0.236. The Morgan fingerprint density at radius 1 is 1.30 bits per heavy atom. The monoisotopic (exact) mass is 413 g/mol. The highest BCUT2D eigenvalue weighted by atomic mass is 35.5. The third-order valence-corrected chi connectivity index (χ3v) is 6.46. The fourth-order valence-electron chi connectivity index (χ4n) is 2.56. The van der Waals surface area contributed by atoms with Crippen LogP contribution in [-0.2, 0) is 23.5 Å². The zero-order valence-electron chi connectivity index (χ0n) is 15.6. The molecule has 1 aromatic carbocycles. The number of imidazole rings is 1. The first-order valence-corrected chi connectivity index (χ1v) is 10.4. The summed E-state index contributed by atoms with van der Waals surface area (Å²) in [6.45, 7) is 4.64. The molecule has 2 rings (SSSR count). The van der Waals surface area contributed by atoms with Gasteiger partial charge in [0.1, 0.15) is 5.82 Å². The number of aromatic nitrogens is 2. The topological polar surface area (TPSA) is 96.3 Å². The lowest BCUT2D eigenvalue weighted by Gasteiger charge is -2.19. The summed E-state index contributed by atoms with van der Waals surface area (Å²) in [5, 5.41) is 5.56. The van der Waals surface area contributed by atoms with Crippen molar-refractivity contribution in [1.29, 1.82) is 0 Å². The molecule has 2 aromatic rings. The molecule has 0 atom stereocenters. The van der Waals surface area contributed by atoms with Gasteiger partial charge in [0, 0.05) is 45.5 Å². The maximum atomic E-state index is 12.6. The van der Waals surface area contributed by atoms with Gasteiger partial charge in [-0.05, 0) is 18.2 Å². The van der Waals surface area contributed by atoms with Gasteiger partial charge in [-0.15, -0.1) is 0 Å². The van der Waals surface area contributed by atoms with Crippen LogP contribution in [0.15, 0.2) is 35.5 Å². The van der Waals surface area contributed by atoms with E-state index in [9.17, 15) is 13.2 Å². The van der Waals surface area contributed by atoms with E-state index >= 15 is 0 Å². The lowest BCUT2D eigenvalue weighted by atomic mass is 10.3. The number of urea groups is 1. The van der Waals surface area contributed by atoms with Gasteiger partial charge in [0.05, 0.1) is 15.6 Å². The number of nitrogens with one attached hydrogen (secondary N) is 2. The number of rotatable bonds is 8. The molecular formula is C17H24ClN5O3S. The van der Waals surface area contributed by atoms with Crippen molar-refractivity contribution in [2.45, 2.75) is 25.2 Å². The van der Waals surface area contributed by atoms with Crippen LogP contribution in [-0.4, -0.2) is 47.9 Å². The Bertz CT molecular complexity index is 894. The van der Waals surface area contributed by atoms with Crippen LogP contribution in [0.3, 0.4) is 0 Å². The molecule has 0 saturated heterocycles. The summed E-state index contributed by atoms with van der Waals surface area (Å²) in [5.74, 6) is 0.848. The summed E-state index contributed by atoms with van der Waals surface area (Å²) < 4.78 is 28.5. The minimum atomic E-state index is -3.64. The first kappa shape index (κ1) is 21.2. The second-order valence-corrected chi connectivity index (χ2v) is 8.16. The van der Waals surface area contributed by atoms with E-state index in [2.05, 4.69) is 15.6 Å². The summed E-state index contributed by atoms with van der Waals surface area (Å²) in [6.07, 6.45) is 4.09. The van der Waals surface area contributed by atoms with E-state index < -0.39 is 16.1 Å². The number of hydrogen-bond acceptors (Lipinski definition) is 4. The Kier molecular flexibility index (Phi) is 7.23. The Balaban J connectivity index is 2.05. The third-order valence-electron chi connectivity index (χ3n) is 4.08. The second-order valence-electron chi connectivity index (χ2n) is 5.82. The van der Waals surface area contributed by atoms with E-state index in [1.54, 1.807) is 20.0 Å². The maximum absolute atomic E-state index is 12.6. The van der Waals surface area contributed by atoms with Crippen molar-refractivity contribution in [2.24, 2.45) is 7.05 Å². The number of anilines is 1. The van der Waals surface area contributed by atoms with Crippen LogP contribution in [0.25, 0.3) is 0 Å². The highest BCUT2D eigenvalue weighted by molar-refractivity contribution is 7.89. The van der Waals surface area contributed by atoms with Crippen molar-refractivity contribution in [3.8, 4) is 0 Å². The fourth-order valence-corrected chi connectivity index (χ4v) is 4.21.